The molecule has 0 bridgehead atoms. The molecule has 0 unspecified atom stereocenters. The maximum Gasteiger partial charge on any atom is 0.214 e. The van der Waals surface area contributed by atoms with Crippen LogP contribution in [0.4, 0.5) is 5.69 Å². The Kier molecular flexibility index (Phi) is 3.73. The third kappa shape index (κ3) is 3.05. The summed E-state index contributed by atoms with van der Waals surface area (Å²) >= 11 is 0. The Morgan fingerprint density at radius 1 is 1.04 bits per heavy atom. The predicted octanol–water partition coefficient (Wildman–Crippen LogP) is 2.29. The first-order chi connectivity index (χ1) is 11.1. The summed E-state index contributed by atoms with van der Waals surface area (Å²) in [5.74, 6) is 0. The van der Waals surface area contributed by atoms with Crippen molar-refractivity contribution in [1.29, 1.82) is 0 Å². The lowest BCUT2D eigenvalue weighted by molar-refractivity contribution is 0.460. The number of nitrogens with one attached hydrogen (secondary N) is 1. The van der Waals surface area contributed by atoms with Gasteiger partial charge >= 0.3 is 0 Å². The molecule has 1 aromatic carbocycles. The van der Waals surface area contributed by atoms with Gasteiger partial charge in [0.05, 0.1) is 10.8 Å². The average molecular weight is 331 g/mol. The fourth-order valence-electron chi connectivity index (χ4n) is 3.30. The van der Waals surface area contributed by atoms with E-state index < -0.39 is 10.0 Å². The lowest BCUT2D eigenvalue weighted by Crippen LogP contribution is -2.45. The SMILES string of the molecule is O=S(=O)(NC1CCN(c2ccnc3ccccc23)CC1)C1CC1. The van der Waals surface area contributed by atoms with Crippen molar-refractivity contribution in [1.82, 2.24) is 9.71 Å². The normalized spacial score (nSPS) is 20.1. The standard InChI is InChI=1S/C17H21N3O2S/c21-23(22,14-5-6-14)19-13-8-11-20(12-9-13)17-7-10-18-16-4-2-1-3-15(16)17/h1-4,7,10,13-14,19H,5-6,8-9,11-12H2. The maximum absolute atomic E-state index is 12.1. The van der Waals surface area contributed by atoms with Crippen LogP contribution in [0.25, 0.3) is 10.9 Å². The molecule has 5 nitrogen and oxygen atoms in total. The smallest absolute Gasteiger partial charge is 0.214 e. The van der Waals surface area contributed by atoms with E-state index in [4.69, 9.17) is 0 Å². The highest BCUT2D eigenvalue weighted by Gasteiger charge is 2.37. The zero-order valence-electron chi connectivity index (χ0n) is 13.0. The van der Waals surface area contributed by atoms with Gasteiger partial charge in [-0.15, -0.1) is 0 Å². The topological polar surface area (TPSA) is 62.3 Å². The summed E-state index contributed by atoms with van der Waals surface area (Å²) in [5.41, 5.74) is 2.20. The molecule has 23 heavy (non-hydrogen) atoms. The molecule has 2 aliphatic rings. The molecule has 2 heterocycles. The highest BCUT2D eigenvalue weighted by atomic mass is 32.2. The Balaban J connectivity index is 1.47. The second-order valence-corrected chi connectivity index (χ2v) is 8.46. The first-order valence-electron chi connectivity index (χ1n) is 8.23. The first kappa shape index (κ1) is 14.9. The maximum atomic E-state index is 12.1. The van der Waals surface area contributed by atoms with E-state index in [0.717, 1.165) is 49.7 Å². The number of fused-ring (bicyclic) bond motifs is 1. The van der Waals surface area contributed by atoms with Gasteiger partial charge < -0.3 is 4.90 Å². The molecule has 1 aromatic heterocycles. The lowest BCUT2D eigenvalue weighted by atomic mass is 10.0. The number of hydrogen-bond donors (Lipinski definition) is 1. The second kappa shape index (κ2) is 5.76. The molecule has 2 aromatic rings. The summed E-state index contributed by atoms with van der Waals surface area (Å²) in [6.45, 7) is 1.73. The van der Waals surface area contributed by atoms with E-state index in [1.807, 2.05) is 24.4 Å². The molecule has 1 N–H and O–H groups in total. The highest BCUT2D eigenvalue weighted by Crippen LogP contribution is 2.30. The molecule has 1 aliphatic heterocycles. The third-order valence-electron chi connectivity index (χ3n) is 4.76. The van der Waals surface area contributed by atoms with Crippen molar-refractivity contribution in [2.45, 2.75) is 37.0 Å². The van der Waals surface area contributed by atoms with E-state index in [2.05, 4.69) is 26.7 Å². The number of anilines is 1. The van der Waals surface area contributed by atoms with Crippen LogP contribution < -0.4 is 9.62 Å². The fourth-order valence-corrected chi connectivity index (χ4v) is 4.95. The Bertz CT molecular complexity index is 804. The number of benzene rings is 1. The molecule has 122 valence electrons. The summed E-state index contributed by atoms with van der Waals surface area (Å²) in [5, 5.41) is 1.02. The molecule has 1 saturated heterocycles. The number of sulfonamides is 1. The van der Waals surface area contributed by atoms with Crippen molar-refractivity contribution in [3.63, 3.8) is 0 Å². The number of para-hydroxylation sites is 1. The Hall–Kier alpha value is -1.66. The number of rotatable bonds is 4. The van der Waals surface area contributed by atoms with Gasteiger partial charge in [-0.1, -0.05) is 18.2 Å². The second-order valence-electron chi connectivity index (χ2n) is 6.47. The zero-order chi connectivity index (χ0) is 15.9. The van der Waals surface area contributed by atoms with Crippen LogP contribution in [0.15, 0.2) is 36.5 Å². The summed E-state index contributed by atoms with van der Waals surface area (Å²) in [6.07, 6.45) is 5.18. The van der Waals surface area contributed by atoms with Crippen molar-refractivity contribution in [2.75, 3.05) is 18.0 Å². The minimum atomic E-state index is -3.08. The van der Waals surface area contributed by atoms with Gasteiger partial charge in [0.15, 0.2) is 0 Å². The van der Waals surface area contributed by atoms with Gasteiger partial charge in [0.1, 0.15) is 0 Å². The van der Waals surface area contributed by atoms with Crippen molar-refractivity contribution in [2.24, 2.45) is 0 Å². The Morgan fingerprint density at radius 2 is 1.78 bits per heavy atom. The number of nitrogens with zero attached hydrogens (tertiary/aromatic N) is 2. The van der Waals surface area contributed by atoms with Crippen LogP contribution >= 0.6 is 0 Å². The predicted molar refractivity (Wildman–Crippen MR) is 92.1 cm³/mol. The van der Waals surface area contributed by atoms with Crippen LogP contribution in [-0.4, -0.2) is 37.8 Å². The minimum absolute atomic E-state index is 0.0740. The van der Waals surface area contributed by atoms with Gasteiger partial charge in [0, 0.05) is 36.4 Å². The molecule has 0 radical (unpaired) electrons. The number of pyridine rings is 1. The highest BCUT2D eigenvalue weighted by molar-refractivity contribution is 7.90. The molecule has 1 saturated carbocycles. The molecule has 1 aliphatic carbocycles. The molecular formula is C17H21N3O2S. The molecular weight excluding hydrogens is 310 g/mol. The van der Waals surface area contributed by atoms with Crippen LogP contribution in [0.3, 0.4) is 0 Å². The lowest BCUT2D eigenvalue weighted by Gasteiger charge is -2.34. The monoisotopic (exact) mass is 331 g/mol. The Labute approximate surface area is 136 Å². The first-order valence-corrected chi connectivity index (χ1v) is 9.78. The molecule has 0 amide bonds. The van der Waals surface area contributed by atoms with Gasteiger partial charge in [-0.05, 0) is 37.8 Å². The van der Waals surface area contributed by atoms with Gasteiger partial charge in [0.2, 0.25) is 10.0 Å². The van der Waals surface area contributed by atoms with Gasteiger partial charge in [-0.2, -0.15) is 0 Å². The van der Waals surface area contributed by atoms with Crippen molar-refractivity contribution < 1.29 is 8.42 Å². The van der Waals surface area contributed by atoms with E-state index in [1.165, 1.54) is 5.69 Å². The van der Waals surface area contributed by atoms with Gasteiger partial charge in [0.25, 0.3) is 0 Å². The molecule has 2 fully saturated rings. The van der Waals surface area contributed by atoms with Gasteiger partial charge in [-0.25, -0.2) is 13.1 Å². The summed E-state index contributed by atoms with van der Waals surface area (Å²) in [7, 11) is -3.08. The average Bonchev–Trinajstić information content (AvgIpc) is 3.40. The van der Waals surface area contributed by atoms with Crippen LogP contribution in [0.5, 0.6) is 0 Å². The van der Waals surface area contributed by atoms with E-state index in [1.54, 1.807) is 0 Å². The quantitative estimate of drug-likeness (QED) is 0.934. The van der Waals surface area contributed by atoms with E-state index in [0.29, 0.717) is 0 Å². The van der Waals surface area contributed by atoms with Crippen LogP contribution in [0.2, 0.25) is 0 Å². The zero-order valence-corrected chi connectivity index (χ0v) is 13.8. The molecule has 0 atom stereocenters. The number of aromatic nitrogens is 1. The van der Waals surface area contributed by atoms with E-state index in [-0.39, 0.29) is 11.3 Å². The van der Waals surface area contributed by atoms with Crippen LogP contribution in [0.1, 0.15) is 25.7 Å². The Morgan fingerprint density at radius 3 is 2.52 bits per heavy atom. The van der Waals surface area contributed by atoms with E-state index >= 15 is 0 Å². The fraction of sp³-hybridized carbons (Fsp3) is 0.471. The van der Waals surface area contributed by atoms with Crippen molar-refractivity contribution in [3.05, 3.63) is 36.5 Å². The number of hydrogen-bond acceptors (Lipinski definition) is 4. The largest absolute Gasteiger partial charge is 0.371 e. The summed E-state index contributed by atoms with van der Waals surface area (Å²) in [4.78, 5) is 6.75. The summed E-state index contributed by atoms with van der Waals surface area (Å²) in [6, 6.07) is 10.3. The van der Waals surface area contributed by atoms with Crippen molar-refractivity contribution in [3.8, 4) is 0 Å². The van der Waals surface area contributed by atoms with Crippen LogP contribution in [0, 0.1) is 0 Å². The molecule has 4 rings (SSSR count). The third-order valence-corrected chi connectivity index (χ3v) is 6.77. The summed E-state index contributed by atoms with van der Waals surface area (Å²) < 4.78 is 27.0. The number of piperidine rings is 1. The van der Waals surface area contributed by atoms with E-state index in [9.17, 15) is 8.42 Å². The van der Waals surface area contributed by atoms with Gasteiger partial charge in [-0.3, -0.25) is 4.98 Å². The minimum Gasteiger partial charge on any atom is -0.371 e. The molecule has 0 spiro atoms. The molecule has 6 heteroatoms. The van der Waals surface area contributed by atoms with Crippen molar-refractivity contribution >= 4 is 26.6 Å². The van der Waals surface area contributed by atoms with Crippen LogP contribution in [-0.2, 0) is 10.0 Å².